The monoisotopic (exact) mass is 218 g/mol. The van der Waals surface area contributed by atoms with Crippen LogP contribution in [0.5, 0.6) is 0 Å². The smallest absolute Gasteiger partial charge is 0.0690 e. The van der Waals surface area contributed by atoms with E-state index in [1.807, 2.05) is 0 Å². The lowest BCUT2D eigenvalue weighted by Crippen LogP contribution is -2.11. The normalized spacial score (nSPS) is 17.8. The van der Waals surface area contributed by atoms with Crippen LogP contribution in [0.15, 0.2) is 24.3 Å². The maximum absolute atomic E-state index is 9.93. The van der Waals surface area contributed by atoms with Gasteiger partial charge in [-0.25, -0.2) is 0 Å². The van der Waals surface area contributed by atoms with E-state index in [1.54, 1.807) is 0 Å². The molecule has 0 aliphatic heterocycles. The standard InChI is InChI=1S/C15H22O/c1-3-13(4-2)14-7-5-6-12(10-14)11-15(16)8-9-15/h5-7,10,13,16H,3-4,8-9,11H2,1-2H3. The fourth-order valence-electron chi connectivity index (χ4n) is 2.42. The van der Waals surface area contributed by atoms with Crippen LogP contribution in [0.4, 0.5) is 0 Å². The van der Waals surface area contributed by atoms with Crippen molar-refractivity contribution in [2.75, 3.05) is 0 Å². The molecular weight excluding hydrogens is 196 g/mol. The molecule has 0 spiro atoms. The van der Waals surface area contributed by atoms with Crippen LogP contribution in [0.1, 0.15) is 56.6 Å². The minimum atomic E-state index is -0.369. The summed E-state index contributed by atoms with van der Waals surface area (Å²) in [5, 5.41) is 9.93. The molecule has 0 heterocycles. The molecule has 0 radical (unpaired) electrons. The molecule has 1 aromatic carbocycles. The van der Waals surface area contributed by atoms with Crippen molar-refractivity contribution >= 4 is 0 Å². The van der Waals surface area contributed by atoms with E-state index in [0.717, 1.165) is 19.3 Å². The summed E-state index contributed by atoms with van der Waals surface area (Å²) >= 11 is 0. The Bertz CT molecular complexity index is 348. The third-order valence-corrected chi connectivity index (χ3v) is 3.77. The first-order chi connectivity index (χ1) is 7.67. The number of benzene rings is 1. The van der Waals surface area contributed by atoms with Gasteiger partial charge in [-0.3, -0.25) is 0 Å². The van der Waals surface area contributed by atoms with Gasteiger partial charge in [-0.2, -0.15) is 0 Å². The molecule has 1 nitrogen and oxygen atoms in total. The van der Waals surface area contributed by atoms with Crippen LogP contribution < -0.4 is 0 Å². The third-order valence-electron chi connectivity index (χ3n) is 3.77. The molecule has 0 aromatic heterocycles. The van der Waals surface area contributed by atoms with E-state index in [-0.39, 0.29) is 5.60 Å². The van der Waals surface area contributed by atoms with E-state index in [1.165, 1.54) is 24.0 Å². The maximum atomic E-state index is 9.93. The Hall–Kier alpha value is -0.820. The lowest BCUT2D eigenvalue weighted by Gasteiger charge is -2.15. The Morgan fingerprint density at radius 2 is 1.94 bits per heavy atom. The zero-order valence-electron chi connectivity index (χ0n) is 10.4. The number of rotatable bonds is 5. The molecule has 1 saturated carbocycles. The Kier molecular flexibility index (Phi) is 3.34. The van der Waals surface area contributed by atoms with Gasteiger partial charge in [-0.15, -0.1) is 0 Å². The van der Waals surface area contributed by atoms with Gasteiger partial charge in [0.25, 0.3) is 0 Å². The molecule has 1 fully saturated rings. The molecule has 1 N–H and O–H groups in total. The van der Waals surface area contributed by atoms with Crippen LogP contribution in [-0.4, -0.2) is 10.7 Å². The van der Waals surface area contributed by atoms with Crippen LogP contribution >= 0.6 is 0 Å². The van der Waals surface area contributed by atoms with E-state index in [2.05, 4.69) is 38.1 Å². The van der Waals surface area contributed by atoms with Gasteiger partial charge in [0.2, 0.25) is 0 Å². The summed E-state index contributed by atoms with van der Waals surface area (Å²) in [5.74, 6) is 0.675. The van der Waals surface area contributed by atoms with Gasteiger partial charge >= 0.3 is 0 Å². The molecular formula is C15H22O. The van der Waals surface area contributed by atoms with E-state index < -0.39 is 0 Å². The lowest BCUT2D eigenvalue weighted by atomic mass is 9.91. The first kappa shape index (κ1) is 11.7. The van der Waals surface area contributed by atoms with Gasteiger partial charge in [0.15, 0.2) is 0 Å². The lowest BCUT2D eigenvalue weighted by molar-refractivity contribution is 0.151. The Labute approximate surface area is 98.5 Å². The molecule has 1 aliphatic carbocycles. The van der Waals surface area contributed by atoms with Gasteiger partial charge in [0.1, 0.15) is 0 Å². The van der Waals surface area contributed by atoms with E-state index in [0.29, 0.717) is 5.92 Å². The first-order valence-electron chi connectivity index (χ1n) is 6.48. The molecule has 0 unspecified atom stereocenters. The van der Waals surface area contributed by atoms with Crippen LogP contribution in [-0.2, 0) is 6.42 Å². The summed E-state index contributed by atoms with van der Waals surface area (Å²) in [6.45, 7) is 4.49. The number of hydrogen-bond acceptors (Lipinski definition) is 1. The van der Waals surface area contributed by atoms with Crippen molar-refractivity contribution in [1.82, 2.24) is 0 Å². The SMILES string of the molecule is CCC(CC)c1cccc(CC2(O)CC2)c1. The summed E-state index contributed by atoms with van der Waals surface area (Å²) in [7, 11) is 0. The first-order valence-corrected chi connectivity index (χ1v) is 6.48. The molecule has 1 aliphatic rings. The molecule has 0 bridgehead atoms. The average Bonchev–Trinajstić information content (AvgIpc) is 2.98. The summed E-state index contributed by atoms with van der Waals surface area (Å²) in [6.07, 6.45) is 5.18. The highest BCUT2D eigenvalue weighted by Crippen LogP contribution is 2.38. The van der Waals surface area contributed by atoms with Crippen molar-refractivity contribution in [2.24, 2.45) is 0 Å². The second-order valence-electron chi connectivity index (χ2n) is 5.16. The van der Waals surface area contributed by atoms with Crippen molar-refractivity contribution in [3.8, 4) is 0 Å². The zero-order valence-corrected chi connectivity index (χ0v) is 10.4. The van der Waals surface area contributed by atoms with E-state index in [4.69, 9.17) is 0 Å². The van der Waals surface area contributed by atoms with Crippen molar-refractivity contribution in [3.05, 3.63) is 35.4 Å². The highest BCUT2D eigenvalue weighted by molar-refractivity contribution is 5.28. The van der Waals surface area contributed by atoms with Crippen LogP contribution in [0, 0.1) is 0 Å². The predicted octanol–water partition coefficient (Wildman–Crippen LogP) is 3.66. The Balaban J connectivity index is 2.12. The van der Waals surface area contributed by atoms with E-state index in [9.17, 15) is 5.11 Å². The van der Waals surface area contributed by atoms with Crippen LogP contribution in [0.2, 0.25) is 0 Å². The molecule has 88 valence electrons. The molecule has 0 atom stereocenters. The van der Waals surface area contributed by atoms with Crippen LogP contribution in [0.3, 0.4) is 0 Å². The average molecular weight is 218 g/mol. The molecule has 1 aromatic rings. The van der Waals surface area contributed by atoms with Gasteiger partial charge < -0.3 is 5.11 Å². The Morgan fingerprint density at radius 1 is 1.25 bits per heavy atom. The van der Waals surface area contributed by atoms with Crippen molar-refractivity contribution in [1.29, 1.82) is 0 Å². The van der Waals surface area contributed by atoms with Crippen molar-refractivity contribution in [2.45, 2.75) is 57.5 Å². The predicted molar refractivity (Wildman–Crippen MR) is 67.7 cm³/mol. The minimum absolute atomic E-state index is 0.369. The van der Waals surface area contributed by atoms with E-state index >= 15 is 0 Å². The van der Waals surface area contributed by atoms with Gasteiger partial charge in [0.05, 0.1) is 5.60 Å². The topological polar surface area (TPSA) is 20.2 Å². The second-order valence-corrected chi connectivity index (χ2v) is 5.16. The highest BCUT2D eigenvalue weighted by atomic mass is 16.3. The van der Waals surface area contributed by atoms with Crippen molar-refractivity contribution in [3.63, 3.8) is 0 Å². The minimum Gasteiger partial charge on any atom is -0.390 e. The fraction of sp³-hybridized carbons (Fsp3) is 0.600. The molecule has 1 heteroatoms. The molecule has 0 amide bonds. The van der Waals surface area contributed by atoms with Gasteiger partial charge in [0, 0.05) is 6.42 Å². The summed E-state index contributed by atoms with van der Waals surface area (Å²) in [4.78, 5) is 0. The molecule has 0 saturated heterocycles. The van der Waals surface area contributed by atoms with Crippen LogP contribution in [0.25, 0.3) is 0 Å². The Morgan fingerprint density at radius 3 is 2.50 bits per heavy atom. The summed E-state index contributed by atoms with van der Waals surface area (Å²) in [5.41, 5.74) is 2.36. The number of hydrogen-bond donors (Lipinski definition) is 1. The quantitative estimate of drug-likeness (QED) is 0.799. The van der Waals surface area contributed by atoms with Gasteiger partial charge in [-0.05, 0) is 42.7 Å². The zero-order chi connectivity index (χ0) is 11.6. The summed E-state index contributed by atoms with van der Waals surface area (Å²) < 4.78 is 0. The third kappa shape index (κ3) is 2.65. The van der Waals surface area contributed by atoms with Crippen molar-refractivity contribution < 1.29 is 5.11 Å². The molecule has 16 heavy (non-hydrogen) atoms. The number of aliphatic hydroxyl groups is 1. The molecule has 2 rings (SSSR count). The summed E-state index contributed by atoms with van der Waals surface area (Å²) in [6, 6.07) is 8.78. The fourth-order valence-corrected chi connectivity index (χ4v) is 2.42. The highest BCUT2D eigenvalue weighted by Gasteiger charge is 2.40. The maximum Gasteiger partial charge on any atom is 0.0690 e. The largest absolute Gasteiger partial charge is 0.390 e. The second kappa shape index (κ2) is 4.58. The van der Waals surface area contributed by atoms with Gasteiger partial charge in [-0.1, -0.05) is 38.1 Å².